The number of methoxy groups -OCH3 is 1. The highest BCUT2D eigenvalue weighted by molar-refractivity contribution is 6.11. The number of ether oxygens (including phenoxy) is 3. The number of hydrogen-bond donors (Lipinski definition) is 0. The molecule has 0 N–H and O–H groups in total. The van der Waals surface area contributed by atoms with Crippen LogP contribution in [-0.2, 0) is 17.7 Å². The van der Waals surface area contributed by atoms with Crippen molar-refractivity contribution in [3.63, 3.8) is 0 Å². The zero-order valence-corrected chi connectivity index (χ0v) is 18.7. The minimum Gasteiger partial charge on any atom is -0.493 e. The van der Waals surface area contributed by atoms with Crippen molar-refractivity contribution in [3.05, 3.63) is 88.5 Å². The number of amides is 1. The molecule has 1 aliphatic carbocycles. The molecule has 0 bridgehead atoms. The number of benzene rings is 3. The molecule has 1 heterocycles. The Hall–Kier alpha value is -3.80. The number of aryl methyl sites for hydroxylation is 1. The SMILES string of the molecule is CCOC(=O)c1ccc2c(c1)C(=O)N(c1ccc(OC)c(OC3CCc4ccccc43)c1)C2. The molecule has 33 heavy (non-hydrogen) atoms. The smallest absolute Gasteiger partial charge is 0.338 e. The van der Waals surface area contributed by atoms with Crippen LogP contribution in [0.5, 0.6) is 11.5 Å². The first-order valence-electron chi connectivity index (χ1n) is 11.1. The van der Waals surface area contributed by atoms with Crippen LogP contribution in [0.15, 0.2) is 60.7 Å². The predicted molar refractivity (Wildman–Crippen MR) is 124 cm³/mol. The van der Waals surface area contributed by atoms with Gasteiger partial charge >= 0.3 is 5.97 Å². The molecule has 0 saturated heterocycles. The first kappa shape index (κ1) is 21.1. The molecule has 1 unspecified atom stereocenters. The molecule has 1 amide bonds. The summed E-state index contributed by atoms with van der Waals surface area (Å²) in [5, 5.41) is 0. The fraction of sp³-hybridized carbons (Fsp3) is 0.259. The van der Waals surface area contributed by atoms with Gasteiger partial charge in [0.2, 0.25) is 0 Å². The van der Waals surface area contributed by atoms with E-state index in [0.29, 0.717) is 29.2 Å². The van der Waals surface area contributed by atoms with E-state index >= 15 is 0 Å². The van der Waals surface area contributed by atoms with Gasteiger partial charge in [-0.2, -0.15) is 0 Å². The van der Waals surface area contributed by atoms with Crippen molar-refractivity contribution in [2.24, 2.45) is 0 Å². The first-order valence-corrected chi connectivity index (χ1v) is 11.1. The van der Waals surface area contributed by atoms with Gasteiger partial charge in [-0.3, -0.25) is 4.79 Å². The molecule has 1 aliphatic heterocycles. The summed E-state index contributed by atoms with van der Waals surface area (Å²) in [7, 11) is 1.61. The van der Waals surface area contributed by atoms with Gasteiger partial charge in [-0.05, 0) is 60.7 Å². The fourth-order valence-electron chi connectivity index (χ4n) is 4.57. The van der Waals surface area contributed by atoms with Crippen molar-refractivity contribution in [2.45, 2.75) is 32.4 Å². The highest BCUT2D eigenvalue weighted by Crippen LogP contribution is 2.41. The van der Waals surface area contributed by atoms with Crippen LogP contribution in [-0.4, -0.2) is 25.6 Å². The van der Waals surface area contributed by atoms with Gasteiger partial charge in [-0.15, -0.1) is 0 Å². The topological polar surface area (TPSA) is 65.1 Å². The Kier molecular flexibility index (Phi) is 5.50. The van der Waals surface area contributed by atoms with Gasteiger partial charge in [-0.1, -0.05) is 30.3 Å². The van der Waals surface area contributed by atoms with Gasteiger partial charge in [0.25, 0.3) is 5.91 Å². The molecule has 0 aromatic heterocycles. The van der Waals surface area contributed by atoms with Crippen LogP contribution in [0.4, 0.5) is 5.69 Å². The van der Waals surface area contributed by atoms with Crippen molar-refractivity contribution in [1.29, 1.82) is 0 Å². The molecule has 0 fully saturated rings. The number of rotatable bonds is 6. The molecule has 3 aromatic carbocycles. The highest BCUT2D eigenvalue weighted by atomic mass is 16.5. The Morgan fingerprint density at radius 2 is 1.88 bits per heavy atom. The minimum absolute atomic E-state index is 0.0519. The van der Waals surface area contributed by atoms with Gasteiger partial charge in [0.05, 0.1) is 25.8 Å². The largest absolute Gasteiger partial charge is 0.493 e. The number of esters is 1. The van der Waals surface area contributed by atoms with Gasteiger partial charge in [0, 0.05) is 17.3 Å². The summed E-state index contributed by atoms with van der Waals surface area (Å²) < 4.78 is 17.0. The lowest BCUT2D eigenvalue weighted by molar-refractivity contribution is 0.0526. The number of carbonyl (C=O) groups is 2. The monoisotopic (exact) mass is 443 g/mol. The summed E-state index contributed by atoms with van der Waals surface area (Å²) in [5.41, 5.74) is 4.99. The normalized spacial score (nSPS) is 16.4. The molecule has 0 radical (unpaired) electrons. The summed E-state index contributed by atoms with van der Waals surface area (Å²) >= 11 is 0. The first-order chi connectivity index (χ1) is 16.1. The van der Waals surface area contributed by atoms with Crippen LogP contribution in [0.25, 0.3) is 0 Å². The average molecular weight is 443 g/mol. The Morgan fingerprint density at radius 3 is 2.70 bits per heavy atom. The Bertz CT molecular complexity index is 1230. The summed E-state index contributed by atoms with van der Waals surface area (Å²) in [6, 6.07) is 19.0. The number of nitrogens with zero attached hydrogens (tertiary/aromatic N) is 1. The van der Waals surface area contributed by atoms with Gasteiger partial charge < -0.3 is 19.1 Å². The molecular formula is C27H25NO5. The second-order valence-corrected chi connectivity index (χ2v) is 8.16. The van der Waals surface area contributed by atoms with Crippen LogP contribution in [0.2, 0.25) is 0 Å². The molecule has 5 rings (SSSR count). The van der Waals surface area contributed by atoms with E-state index in [9.17, 15) is 9.59 Å². The third-order valence-corrected chi connectivity index (χ3v) is 6.23. The Morgan fingerprint density at radius 1 is 1.03 bits per heavy atom. The van der Waals surface area contributed by atoms with Crippen LogP contribution < -0.4 is 14.4 Å². The number of anilines is 1. The van der Waals surface area contributed by atoms with Gasteiger partial charge in [0.1, 0.15) is 6.10 Å². The second-order valence-electron chi connectivity index (χ2n) is 8.16. The molecule has 3 aromatic rings. The average Bonchev–Trinajstić information content (AvgIpc) is 3.40. The van der Waals surface area contributed by atoms with E-state index in [1.54, 1.807) is 31.1 Å². The van der Waals surface area contributed by atoms with E-state index in [2.05, 4.69) is 12.1 Å². The standard InChI is InChI=1S/C27H25NO5/c1-3-32-27(30)18-8-9-19-16-28(26(29)22(19)14-18)20-11-13-24(31-2)25(15-20)33-23-12-10-17-6-4-5-7-21(17)23/h4-9,11,13-15,23H,3,10,12,16H2,1-2H3. The third-order valence-electron chi connectivity index (χ3n) is 6.23. The van der Waals surface area contributed by atoms with E-state index in [1.165, 1.54) is 11.1 Å². The van der Waals surface area contributed by atoms with Crippen LogP contribution in [0.1, 0.15) is 56.9 Å². The van der Waals surface area contributed by atoms with Crippen molar-refractivity contribution >= 4 is 17.6 Å². The third kappa shape index (κ3) is 3.82. The molecule has 1 atom stereocenters. The molecule has 2 aliphatic rings. The summed E-state index contributed by atoms with van der Waals surface area (Å²) in [5.74, 6) is 0.645. The summed E-state index contributed by atoms with van der Waals surface area (Å²) in [6.45, 7) is 2.47. The van der Waals surface area contributed by atoms with Crippen LogP contribution >= 0.6 is 0 Å². The maximum Gasteiger partial charge on any atom is 0.338 e. The zero-order valence-electron chi connectivity index (χ0n) is 18.7. The van der Waals surface area contributed by atoms with Crippen molar-refractivity contribution in [3.8, 4) is 11.5 Å². The fourth-order valence-corrected chi connectivity index (χ4v) is 4.57. The molecular weight excluding hydrogens is 418 g/mol. The molecule has 0 saturated carbocycles. The number of hydrogen-bond acceptors (Lipinski definition) is 5. The lowest BCUT2D eigenvalue weighted by Gasteiger charge is -2.21. The van der Waals surface area contributed by atoms with E-state index in [0.717, 1.165) is 24.1 Å². The maximum atomic E-state index is 13.2. The van der Waals surface area contributed by atoms with E-state index in [-0.39, 0.29) is 18.6 Å². The lowest BCUT2D eigenvalue weighted by Crippen LogP contribution is -2.23. The van der Waals surface area contributed by atoms with Crippen molar-refractivity contribution < 1.29 is 23.8 Å². The van der Waals surface area contributed by atoms with E-state index in [1.807, 2.05) is 36.4 Å². The predicted octanol–water partition coefficient (Wildman–Crippen LogP) is 5.10. The second kappa shape index (κ2) is 8.62. The lowest BCUT2D eigenvalue weighted by atomic mass is 10.1. The van der Waals surface area contributed by atoms with E-state index < -0.39 is 5.97 Å². The van der Waals surface area contributed by atoms with Gasteiger partial charge in [-0.25, -0.2) is 4.79 Å². The molecule has 6 nitrogen and oxygen atoms in total. The summed E-state index contributed by atoms with van der Waals surface area (Å²) in [6.07, 6.45) is 1.83. The van der Waals surface area contributed by atoms with E-state index in [4.69, 9.17) is 14.2 Å². The van der Waals surface area contributed by atoms with Crippen molar-refractivity contribution in [2.75, 3.05) is 18.6 Å². The Labute approximate surface area is 192 Å². The van der Waals surface area contributed by atoms with Crippen molar-refractivity contribution in [1.82, 2.24) is 0 Å². The van der Waals surface area contributed by atoms with Crippen LogP contribution in [0, 0.1) is 0 Å². The molecule has 0 spiro atoms. The highest BCUT2D eigenvalue weighted by Gasteiger charge is 2.31. The summed E-state index contributed by atoms with van der Waals surface area (Å²) in [4.78, 5) is 27.0. The number of carbonyl (C=O) groups excluding carboxylic acids is 2. The minimum atomic E-state index is -0.427. The number of fused-ring (bicyclic) bond motifs is 2. The Balaban J connectivity index is 1.42. The molecule has 6 heteroatoms. The zero-order chi connectivity index (χ0) is 22.9. The van der Waals surface area contributed by atoms with Gasteiger partial charge in [0.15, 0.2) is 11.5 Å². The van der Waals surface area contributed by atoms with Crippen LogP contribution in [0.3, 0.4) is 0 Å². The quantitative estimate of drug-likeness (QED) is 0.496. The molecule has 168 valence electrons. The maximum absolute atomic E-state index is 13.2.